The van der Waals surface area contributed by atoms with E-state index in [1.807, 2.05) is 6.92 Å². The summed E-state index contributed by atoms with van der Waals surface area (Å²) in [6.45, 7) is 8.28. The molecule has 110 valence electrons. The van der Waals surface area contributed by atoms with E-state index in [0.29, 0.717) is 6.42 Å². The largest absolute Gasteiger partial charge is 0.390 e. The zero-order valence-electron chi connectivity index (χ0n) is 12.3. The first-order chi connectivity index (χ1) is 8.81. The fraction of sp³-hybridized carbons (Fsp3) is 1.00. The summed E-state index contributed by atoms with van der Waals surface area (Å²) < 4.78 is 11.6. The Hall–Kier alpha value is -0.160. The average Bonchev–Trinajstić information content (AvgIpc) is 3.21. The van der Waals surface area contributed by atoms with Crippen molar-refractivity contribution in [1.29, 1.82) is 0 Å². The molecule has 0 aromatic heterocycles. The summed E-state index contributed by atoms with van der Waals surface area (Å²) in [4.78, 5) is 0. The number of aliphatic hydroxyl groups excluding tert-OH is 2. The van der Waals surface area contributed by atoms with Crippen LogP contribution in [0.25, 0.3) is 0 Å². The van der Waals surface area contributed by atoms with Crippen molar-refractivity contribution >= 4 is 0 Å². The highest BCUT2D eigenvalue weighted by atomic mass is 16.6. The number of hydrogen-bond acceptors (Lipinski definition) is 4. The minimum atomic E-state index is -0.509. The predicted octanol–water partition coefficient (Wildman–Crippen LogP) is 1.48. The lowest BCUT2D eigenvalue weighted by molar-refractivity contribution is 0.0441. The zero-order valence-corrected chi connectivity index (χ0v) is 12.3. The molecule has 0 aromatic carbocycles. The molecule has 0 radical (unpaired) electrons. The fourth-order valence-electron chi connectivity index (χ4n) is 3.73. The molecule has 7 atom stereocenters. The second-order valence-electron chi connectivity index (χ2n) is 7.20. The van der Waals surface area contributed by atoms with Gasteiger partial charge in [0.1, 0.15) is 17.3 Å². The van der Waals surface area contributed by atoms with E-state index in [1.54, 1.807) is 0 Å². The van der Waals surface area contributed by atoms with Gasteiger partial charge in [-0.1, -0.05) is 20.8 Å². The van der Waals surface area contributed by atoms with Crippen molar-refractivity contribution in [3.05, 3.63) is 0 Å². The lowest BCUT2D eigenvalue weighted by atomic mass is 9.77. The van der Waals surface area contributed by atoms with E-state index in [-0.39, 0.29) is 29.6 Å². The molecule has 3 rings (SSSR count). The van der Waals surface area contributed by atoms with Crippen LogP contribution >= 0.6 is 0 Å². The van der Waals surface area contributed by atoms with Gasteiger partial charge in [0.15, 0.2) is 0 Å². The van der Waals surface area contributed by atoms with Crippen LogP contribution in [0.2, 0.25) is 0 Å². The molecule has 2 heterocycles. The van der Waals surface area contributed by atoms with Crippen molar-refractivity contribution in [3.8, 4) is 0 Å². The van der Waals surface area contributed by atoms with Crippen molar-refractivity contribution in [3.63, 3.8) is 0 Å². The fourth-order valence-corrected chi connectivity index (χ4v) is 3.73. The van der Waals surface area contributed by atoms with E-state index < -0.39 is 17.8 Å². The van der Waals surface area contributed by atoms with Gasteiger partial charge in [0.05, 0.1) is 18.3 Å². The Morgan fingerprint density at radius 1 is 1.16 bits per heavy atom. The smallest absolute Gasteiger partial charge is 0.118 e. The van der Waals surface area contributed by atoms with Crippen LogP contribution in [-0.4, -0.2) is 45.8 Å². The summed E-state index contributed by atoms with van der Waals surface area (Å²) in [6, 6.07) is 0. The van der Waals surface area contributed by atoms with Crippen LogP contribution < -0.4 is 0 Å². The molecule has 0 spiro atoms. The Labute approximate surface area is 115 Å². The Morgan fingerprint density at radius 2 is 1.84 bits per heavy atom. The minimum Gasteiger partial charge on any atom is -0.390 e. The molecule has 0 amide bonds. The van der Waals surface area contributed by atoms with E-state index in [2.05, 4.69) is 20.8 Å². The van der Waals surface area contributed by atoms with Crippen molar-refractivity contribution < 1.29 is 19.7 Å². The third-order valence-corrected chi connectivity index (χ3v) is 5.68. The SMILES string of the molecule is CC1CC[C@H]2O[C@@]2(C)[C@@H](O)C[C@@]2(C(C)C)O[C@H]2[C@H]1O. The van der Waals surface area contributed by atoms with Gasteiger partial charge in [-0.15, -0.1) is 0 Å². The Morgan fingerprint density at radius 3 is 2.47 bits per heavy atom. The highest BCUT2D eigenvalue weighted by molar-refractivity contribution is 5.15. The quantitative estimate of drug-likeness (QED) is 0.708. The van der Waals surface area contributed by atoms with Gasteiger partial charge in [-0.05, 0) is 31.6 Å². The van der Waals surface area contributed by atoms with Gasteiger partial charge < -0.3 is 19.7 Å². The summed E-state index contributed by atoms with van der Waals surface area (Å²) in [5.41, 5.74) is -0.773. The van der Waals surface area contributed by atoms with E-state index in [0.717, 1.165) is 12.8 Å². The van der Waals surface area contributed by atoms with Crippen LogP contribution in [0.15, 0.2) is 0 Å². The van der Waals surface area contributed by atoms with Gasteiger partial charge in [0, 0.05) is 6.42 Å². The topological polar surface area (TPSA) is 65.5 Å². The van der Waals surface area contributed by atoms with E-state index >= 15 is 0 Å². The van der Waals surface area contributed by atoms with E-state index in [1.165, 1.54) is 0 Å². The first kappa shape index (κ1) is 13.8. The number of epoxide rings is 2. The van der Waals surface area contributed by atoms with Crippen LogP contribution in [0.1, 0.15) is 47.0 Å². The molecule has 2 aliphatic heterocycles. The Balaban J connectivity index is 1.84. The third-order valence-electron chi connectivity index (χ3n) is 5.68. The summed E-state index contributed by atoms with van der Waals surface area (Å²) in [5, 5.41) is 20.9. The standard InChI is InChI=1S/C15H26O4/c1-8(2)15-7-10(16)14(4)11(18-14)6-5-9(3)12(17)13(15)19-15/h8-13,16-17H,5-7H2,1-4H3/t9?,10-,11+,12-,13-,14-,15-/m0/s1. The molecule has 3 fully saturated rings. The second-order valence-corrected chi connectivity index (χ2v) is 7.20. The summed E-state index contributed by atoms with van der Waals surface area (Å²) in [7, 11) is 0. The zero-order chi connectivity index (χ0) is 14.0. The molecule has 2 N–H and O–H groups in total. The molecule has 1 saturated carbocycles. The first-order valence-corrected chi connectivity index (χ1v) is 7.53. The van der Waals surface area contributed by atoms with Crippen molar-refractivity contribution in [1.82, 2.24) is 0 Å². The number of fused-ring (bicyclic) bond motifs is 2. The van der Waals surface area contributed by atoms with Gasteiger partial charge in [0.25, 0.3) is 0 Å². The molecule has 0 aromatic rings. The maximum atomic E-state index is 10.5. The van der Waals surface area contributed by atoms with Crippen molar-refractivity contribution in [2.45, 2.75) is 82.6 Å². The number of ether oxygens (including phenoxy) is 2. The third kappa shape index (κ3) is 1.96. The summed E-state index contributed by atoms with van der Waals surface area (Å²) >= 11 is 0. The van der Waals surface area contributed by atoms with Crippen LogP contribution in [-0.2, 0) is 9.47 Å². The lowest BCUT2D eigenvalue weighted by Crippen LogP contribution is -2.41. The second kappa shape index (κ2) is 4.17. The molecule has 1 aliphatic carbocycles. The van der Waals surface area contributed by atoms with Crippen LogP contribution in [0, 0.1) is 11.8 Å². The van der Waals surface area contributed by atoms with E-state index in [4.69, 9.17) is 9.47 Å². The van der Waals surface area contributed by atoms with Gasteiger partial charge >= 0.3 is 0 Å². The lowest BCUT2D eigenvalue weighted by Gasteiger charge is -2.27. The molecular weight excluding hydrogens is 244 g/mol. The molecule has 3 aliphatic rings. The van der Waals surface area contributed by atoms with Gasteiger partial charge in [-0.3, -0.25) is 0 Å². The summed E-state index contributed by atoms with van der Waals surface area (Å²) in [5.74, 6) is 0.503. The molecule has 19 heavy (non-hydrogen) atoms. The number of hydrogen-bond donors (Lipinski definition) is 2. The van der Waals surface area contributed by atoms with E-state index in [9.17, 15) is 10.2 Å². The molecule has 1 unspecified atom stereocenters. The van der Waals surface area contributed by atoms with Gasteiger partial charge in [-0.25, -0.2) is 0 Å². The van der Waals surface area contributed by atoms with Gasteiger partial charge in [-0.2, -0.15) is 0 Å². The Bertz CT molecular complexity index is 371. The Kier molecular flexibility index (Phi) is 3.03. The molecule has 4 heteroatoms. The number of rotatable bonds is 1. The predicted molar refractivity (Wildman–Crippen MR) is 70.7 cm³/mol. The van der Waals surface area contributed by atoms with Crippen LogP contribution in [0.5, 0.6) is 0 Å². The maximum absolute atomic E-state index is 10.5. The molecule has 4 nitrogen and oxygen atoms in total. The van der Waals surface area contributed by atoms with Crippen molar-refractivity contribution in [2.75, 3.05) is 0 Å². The summed E-state index contributed by atoms with van der Waals surface area (Å²) in [6.07, 6.45) is 1.46. The first-order valence-electron chi connectivity index (χ1n) is 7.53. The maximum Gasteiger partial charge on any atom is 0.118 e. The highest BCUT2D eigenvalue weighted by Crippen LogP contribution is 2.55. The minimum absolute atomic E-state index is 0.129. The van der Waals surface area contributed by atoms with Crippen LogP contribution in [0.3, 0.4) is 0 Å². The molecule has 2 saturated heterocycles. The average molecular weight is 270 g/mol. The number of aliphatic hydroxyl groups is 2. The molecular formula is C15H26O4. The van der Waals surface area contributed by atoms with Gasteiger partial charge in [0.2, 0.25) is 0 Å². The monoisotopic (exact) mass is 270 g/mol. The molecule has 0 bridgehead atoms. The normalized spacial score (nSPS) is 57.3. The van der Waals surface area contributed by atoms with Crippen molar-refractivity contribution in [2.24, 2.45) is 11.8 Å². The highest BCUT2D eigenvalue weighted by Gasteiger charge is 2.67. The van der Waals surface area contributed by atoms with Crippen LogP contribution in [0.4, 0.5) is 0 Å².